The molecule has 4 heteroatoms. The summed E-state index contributed by atoms with van der Waals surface area (Å²) in [7, 11) is 0. The number of nitrogens with zero attached hydrogens (tertiary/aromatic N) is 1. The van der Waals surface area contributed by atoms with E-state index in [2.05, 4.69) is 24.3 Å². The van der Waals surface area contributed by atoms with E-state index in [0.717, 1.165) is 13.0 Å². The highest BCUT2D eigenvalue weighted by Crippen LogP contribution is 2.48. The van der Waals surface area contributed by atoms with Crippen LogP contribution >= 0.6 is 0 Å². The Bertz CT molecular complexity index is 262. The van der Waals surface area contributed by atoms with Gasteiger partial charge in [-0.15, -0.1) is 0 Å². The summed E-state index contributed by atoms with van der Waals surface area (Å²) in [6.45, 7) is 5.49. The molecule has 1 unspecified atom stereocenters. The summed E-state index contributed by atoms with van der Waals surface area (Å²) in [6.07, 6.45) is 9.43. The van der Waals surface area contributed by atoms with Gasteiger partial charge in [-0.2, -0.15) is 0 Å². The van der Waals surface area contributed by atoms with Gasteiger partial charge in [0.2, 0.25) is 0 Å². The molecular formula is C14H29N3O. The quantitative estimate of drug-likeness (QED) is 0.243. The highest BCUT2D eigenvalue weighted by Gasteiger charge is 2.43. The first-order valence-electron chi connectivity index (χ1n) is 7.35. The van der Waals surface area contributed by atoms with Crippen LogP contribution in [0, 0.1) is 5.41 Å². The minimum absolute atomic E-state index is 0.272. The van der Waals surface area contributed by atoms with Crippen LogP contribution in [-0.4, -0.2) is 23.6 Å². The molecule has 0 saturated heterocycles. The Morgan fingerprint density at radius 1 is 1.33 bits per heavy atom. The Kier molecular flexibility index (Phi) is 6.47. The molecule has 0 spiro atoms. The number of amidine groups is 1. The highest BCUT2D eigenvalue weighted by atomic mass is 16.4. The van der Waals surface area contributed by atoms with Crippen LogP contribution in [0.3, 0.4) is 0 Å². The fourth-order valence-electron chi connectivity index (χ4n) is 2.52. The minimum Gasteiger partial charge on any atom is -0.409 e. The minimum atomic E-state index is 0.272. The van der Waals surface area contributed by atoms with E-state index in [1.807, 2.05) is 0 Å². The molecule has 0 aromatic heterocycles. The van der Waals surface area contributed by atoms with E-state index in [1.165, 1.54) is 44.9 Å². The lowest BCUT2D eigenvalue weighted by Gasteiger charge is -2.22. The second-order valence-corrected chi connectivity index (χ2v) is 5.78. The van der Waals surface area contributed by atoms with Crippen molar-refractivity contribution in [2.45, 2.75) is 71.3 Å². The third-order valence-electron chi connectivity index (χ3n) is 3.95. The Labute approximate surface area is 111 Å². The van der Waals surface area contributed by atoms with E-state index >= 15 is 0 Å². The van der Waals surface area contributed by atoms with Gasteiger partial charge in [0.1, 0.15) is 5.84 Å². The molecule has 4 N–H and O–H groups in total. The number of nitrogens with two attached hydrogens (primary N) is 1. The molecule has 4 nitrogen and oxygen atoms in total. The Hall–Kier alpha value is -0.770. The molecule has 106 valence electrons. The first-order chi connectivity index (χ1) is 8.65. The lowest BCUT2D eigenvalue weighted by atomic mass is 9.99. The Balaban J connectivity index is 2.32. The van der Waals surface area contributed by atoms with Gasteiger partial charge in [-0.3, -0.25) is 0 Å². The smallest absolute Gasteiger partial charge is 0.139 e. The van der Waals surface area contributed by atoms with Crippen molar-refractivity contribution < 1.29 is 5.21 Å². The van der Waals surface area contributed by atoms with Crippen molar-refractivity contribution in [3.05, 3.63) is 0 Å². The molecule has 0 aromatic carbocycles. The molecule has 0 radical (unpaired) electrons. The van der Waals surface area contributed by atoms with Gasteiger partial charge < -0.3 is 16.3 Å². The fourth-order valence-corrected chi connectivity index (χ4v) is 2.52. The molecule has 1 aliphatic rings. The normalized spacial score (nSPS) is 19.8. The summed E-state index contributed by atoms with van der Waals surface area (Å²) >= 11 is 0. The van der Waals surface area contributed by atoms with E-state index < -0.39 is 0 Å². The van der Waals surface area contributed by atoms with Crippen LogP contribution in [0.2, 0.25) is 0 Å². The van der Waals surface area contributed by atoms with E-state index in [9.17, 15) is 0 Å². The van der Waals surface area contributed by atoms with E-state index in [4.69, 9.17) is 10.9 Å². The number of hydrogen-bond acceptors (Lipinski definition) is 3. The largest absolute Gasteiger partial charge is 0.409 e. The maximum atomic E-state index is 8.65. The van der Waals surface area contributed by atoms with E-state index in [1.54, 1.807) is 0 Å². The SMILES string of the molecule is CCCCC(CCC)NCC1(CC(N)=NO)CC1. The van der Waals surface area contributed by atoms with Gasteiger partial charge in [-0.05, 0) is 31.1 Å². The van der Waals surface area contributed by atoms with Crippen molar-refractivity contribution in [2.75, 3.05) is 6.54 Å². The summed E-state index contributed by atoms with van der Waals surface area (Å²) in [6, 6.07) is 0.639. The van der Waals surface area contributed by atoms with Crippen LogP contribution in [0.25, 0.3) is 0 Å². The van der Waals surface area contributed by atoms with Gasteiger partial charge >= 0.3 is 0 Å². The zero-order chi connectivity index (χ0) is 13.4. The molecule has 0 amide bonds. The van der Waals surface area contributed by atoms with Crippen molar-refractivity contribution in [1.82, 2.24) is 5.32 Å². The lowest BCUT2D eigenvalue weighted by Crippen LogP contribution is -2.35. The zero-order valence-corrected chi connectivity index (χ0v) is 11.9. The van der Waals surface area contributed by atoms with Crippen LogP contribution < -0.4 is 11.1 Å². The van der Waals surface area contributed by atoms with Crippen molar-refractivity contribution in [1.29, 1.82) is 0 Å². The second-order valence-electron chi connectivity index (χ2n) is 5.78. The molecule has 1 fully saturated rings. The van der Waals surface area contributed by atoms with Crippen LogP contribution in [0.5, 0.6) is 0 Å². The van der Waals surface area contributed by atoms with Gasteiger partial charge in [0.15, 0.2) is 0 Å². The first kappa shape index (κ1) is 15.3. The lowest BCUT2D eigenvalue weighted by molar-refractivity contribution is 0.313. The third-order valence-corrected chi connectivity index (χ3v) is 3.95. The van der Waals surface area contributed by atoms with Gasteiger partial charge in [0.05, 0.1) is 0 Å². The van der Waals surface area contributed by atoms with Crippen LogP contribution in [0.4, 0.5) is 0 Å². The molecule has 1 saturated carbocycles. The van der Waals surface area contributed by atoms with Gasteiger partial charge in [-0.1, -0.05) is 38.3 Å². The molecule has 1 rings (SSSR count). The van der Waals surface area contributed by atoms with Crippen molar-refractivity contribution in [2.24, 2.45) is 16.3 Å². The average molecular weight is 255 g/mol. The molecular weight excluding hydrogens is 226 g/mol. The molecule has 18 heavy (non-hydrogen) atoms. The predicted octanol–water partition coefficient (Wildman–Crippen LogP) is 2.85. The predicted molar refractivity (Wildman–Crippen MR) is 75.9 cm³/mol. The third kappa shape index (κ3) is 5.25. The second kappa shape index (κ2) is 7.62. The number of unbranched alkanes of at least 4 members (excludes halogenated alkanes) is 1. The summed E-state index contributed by atoms with van der Waals surface area (Å²) in [5.41, 5.74) is 5.89. The molecule has 1 atom stereocenters. The van der Waals surface area contributed by atoms with Crippen LogP contribution in [0.15, 0.2) is 5.16 Å². The summed E-state index contributed by atoms with van der Waals surface area (Å²) < 4.78 is 0. The zero-order valence-electron chi connectivity index (χ0n) is 11.9. The van der Waals surface area contributed by atoms with Crippen molar-refractivity contribution >= 4 is 5.84 Å². The summed E-state index contributed by atoms with van der Waals surface area (Å²) in [5, 5.41) is 15.4. The highest BCUT2D eigenvalue weighted by molar-refractivity contribution is 5.80. The molecule has 1 aliphatic carbocycles. The number of oxime groups is 1. The van der Waals surface area contributed by atoms with Gasteiger partial charge in [-0.25, -0.2) is 0 Å². The first-order valence-corrected chi connectivity index (χ1v) is 7.35. The standard InChI is InChI=1S/C14H29N3O/c1-3-5-7-12(6-4-2)16-11-14(8-9-14)10-13(15)17-18/h12,16,18H,3-11H2,1-2H3,(H2,15,17). The number of rotatable bonds is 10. The molecule has 0 bridgehead atoms. The summed E-state index contributed by atoms with van der Waals surface area (Å²) in [5.74, 6) is 0.370. The van der Waals surface area contributed by atoms with Gasteiger partial charge in [0.25, 0.3) is 0 Å². The van der Waals surface area contributed by atoms with Gasteiger partial charge in [0, 0.05) is 19.0 Å². The number of hydrogen-bond donors (Lipinski definition) is 3. The molecule has 0 heterocycles. The van der Waals surface area contributed by atoms with Crippen LogP contribution in [0.1, 0.15) is 65.2 Å². The Morgan fingerprint density at radius 2 is 2.06 bits per heavy atom. The van der Waals surface area contributed by atoms with Crippen molar-refractivity contribution in [3.8, 4) is 0 Å². The topological polar surface area (TPSA) is 70.6 Å². The van der Waals surface area contributed by atoms with Crippen LogP contribution in [-0.2, 0) is 0 Å². The fraction of sp³-hybridized carbons (Fsp3) is 0.929. The molecule has 0 aliphatic heterocycles. The maximum absolute atomic E-state index is 8.65. The Morgan fingerprint density at radius 3 is 2.56 bits per heavy atom. The maximum Gasteiger partial charge on any atom is 0.139 e. The van der Waals surface area contributed by atoms with E-state index in [-0.39, 0.29) is 5.41 Å². The monoisotopic (exact) mass is 255 g/mol. The average Bonchev–Trinajstić information content (AvgIpc) is 3.13. The molecule has 0 aromatic rings. The van der Waals surface area contributed by atoms with E-state index in [0.29, 0.717) is 11.9 Å². The number of nitrogens with one attached hydrogen (secondary N) is 1. The summed E-state index contributed by atoms with van der Waals surface area (Å²) in [4.78, 5) is 0. The van der Waals surface area contributed by atoms with Crippen molar-refractivity contribution in [3.63, 3.8) is 0 Å².